The molecular weight excluding hydrogens is 360 g/mol. The first-order valence-corrected chi connectivity index (χ1v) is 7.87. The molecule has 1 N–H and O–H groups in total. The third kappa shape index (κ3) is 4.61. The maximum absolute atomic E-state index is 12.5. The number of hydrogen-bond donors (Lipinski definition) is 1. The van der Waals surface area contributed by atoms with E-state index in [-0.39, 0.29) is 0 Å². The molecule has 0 aromatic heterocycles. The largest absolute Gasteiger partial charge is 0.497 e. The molecule has 0 saturated heterocycles. The first-order chi connectivity index (χ1) is 10.1. The summed E-state index contributed by atoms with van der Waals surface area (Å²) in [5, 5.41) is 3.19. The first-order valence-electron chi connectivity index (χ1n) is 6.20. The number of hydrogen-bond acceptors (Lipinski definition) is 3. The molecule has 0 heterocycles. The summed E-state index contributed by atoms with van der Waals surface area (Å²) < 4.78 is 31.2. The van der Waals surface area contributed by atoms with Crippen LogP contribution < -0.4 is 10.1 Å². The summed E-state index contributed by atoms with van der Waals surface area (Å²) in [7, 11) is 1.61. The number of methoxy groups -OCH3 is 1. The Morgan fingerprint density at radius 2 is 2.00 bits per heavy atom. The molecule has 2 aromatic carbocycles. The van der Waals surface area contributed by atoms with Crippen LogP contribution in [0.15, 0.2) is 51.8 Å². The quantitative estimate of drug-likeness (QED) is 0.686. The summed E-state index contributed by atoms with van der Waals surface area (Å²) in [5.74, 6) is -1.68. The van der Waals surface area contributed by atoms with Crippen molar-refractivity contribution < 1.29 is 13.5 Å². The molecule has 0 saturated carbocycles. The highest BCUT2D eigenvalue weighted by atomic mass is 79.9. The minimum absolute atomic E-state index is 0.512. The topological polar surface area (TPSA) is 21.3 Å². The molecule has 0 aliphatic carbocycles. The maximum atomic E-state index is 12.5. The molecule has 6 heteroatoms. The van der Waals surface area contributed by atoms with E-state index in [9.17, 15) is 8.78 Å². The van der Waals surface area contributed by atoms with E-state index in [0.717, 1.165) is 15.8 Å². The van der Waals surface area contributed by atoms with Crippen molar-refractivity contribution in [2.45, 2.75) is 17.2 Å². The molecule has 21 heavy (non-hydrogen) atoms. The standard InChI is InChI=1S/C15H14BrF2NOS/c1-20-11-6-7-12(16)10(8-11)9-19-13-4-2-3-5-14(13)21-15(17)18/h2-8,15,19H,9H2,1H3. The monoisotopic (exact) mass is 373 g/mol. The Hall–Kier alpha value is -1.27. The second-order valence-electron chi connectivity index (χ2n) is 4.19. The SMILES string of the molecule is COc1ccc(Br)c(CNc2ccccc2SC(F)F)c1. The van der Waals surface area contributed by atoms with Gasteiger partial charge in [-0.25, -0.2) is 0 Å². The summed E-state index contributed by atoms with van der Waals surface area (Å²) in [6.45, 7) is 0.512. The van der Waals surface area contributed by atoms with E-state index in [2.05, 4.69) is 21.2 Å². The Labute approximate surface area is 135 Å². The van der Waals surface area contributed by atoms with Crippen LogP contribution in [0.2, 0.25) is 0 Å². The molecule has 2 nitrogen and oxygen atoms in total. The lowest BCUT2D eigenvalue weighted by molar-refractivity contribution is 0.252. The molecule has 112 valence electrons. The van der Waals surface area contributed by atoms with E-state index < -0.39 is 5.76 Å². The number of benzene rings is 2. The molecule has 0 bridgehead atoms. The zero-order valence-corrected chi connectivity index (χ0v) is 13.7. The fraction of sp³-hybridized carbons (Fsp3) is 0.200. The molecule has 0 aliphatic heterocycles. The highest BCUT2D eigenvalue weighted by Crippen LogP contribution is 2.32. The number of rotatable bonds is 6. The Morgan fingerprint density at radius 1 is 1.24 bits per heavy atom. The van der Waals surface area contributed by atoms with Crippen LogP contribution in [0.1, 0.15) is 5.56 Å². The number of para-hydroxylation sites is 1. The predicted octanol–water partition coefficient (Wildman–Crippen LogP) is 5.38. The smallest absolute Gasteiger partial charge is 0.288 e. The molecule has 2 aromatic rings. The third-order valence-corrected chi connectivity index (χ3v) is 4.39. The van der Waals surface area contributed by atoms with Gasteiger partial charge in [0.05, 0.1) is 7.11 Å². The van der Waals surface area contributed by atoms with Crippen LogP contribution in [0.5, 0.6) is 5.75 Å². The van der Waals surface area contributed by atoms with Crippen LogP contribution in [0, 0.1) is 0 Å². The molecule has 0 spiro atoms. The predicted molar refractivity (Wildman–Crippen MR) is 86.3 cm³/mol. The van der Waals surface area contributed by atoms with Gasteiger partial charge in [0, 0.05) is 21.6 Å². The zero-order valence-electron chi connectivity index (χ0n) is 11.3. The molecular formula is C15H14BrF2NOS. The van der Waals surface area contributed by atoms with Gasteiger partial charge in [-0.05, 0) is 35.9 Å². The van der Waals surface area contributed by atoms with Crippen LogP contribution in [0.3, 0.4) is 0 Å². The van der Waals surface area contributed by atoms with Crippen molar-refractivity contribution in [1.82, 2.24) is 0 Å². The number of nitrogens with one attached hydrogen (secondary N) is 1. The molecule has 0 atom stereocenters. The van der Waals surface area contributed by atoms with Gasteiger partial charge in [0.2, 0.25) is 0 Å². The average molecular weight is 374 g/mol. The number of alkyl halides is 2. The highest BCUT2D eigenvalue weighted by molar-refractivity contribution is 9.10. The van der Waals surface area contributed by atoms with Crippen molar-refractivity contribution in [2.24, 2.45) is 0 Å². The molecule has 0 aliphatic rings. The Kier molecular flexibility index (Phi) is 5.87. The summed E-state index contributed by atoms with van der Waals surface area (Å²) in [4.78, 5) is 0.534. The summed E-state index contributed by atoms with van der Waals surface area (Å²) in [5.41, 5.74) is 1.68. The maximum Gasteiger partial charge on any atom is 0.288 e. The van der Waals surface area contributed by atoms with Gasteiger partial charge in [0.15, 0.2) is 0 Å². The Bertz CT molecular complexity index is 610. The van der Waals surface area contributed by atoms with E-state index in [4.69, 9.17) is 4.74 Å². The van der Waals surface area contributed by atoms with Crippen molar-refractivity contribution >= 4 is 33.4 Å². The van der Waals surface area contributed by atoms with Crippen LogP contribution in [-0.2, 0) is 6.54 Å². The first kappa shape index (κ1) is 16.1. The molecule has 0 amide bonds. The average Bonchev–Trinajstić information content (AvgIpc) is 2.47. The van der Waals surface area contributed by atoms with Gasteiger partial charge in [-0.15, -0.1) is 0 Å². The minimum Gasteiger partial charge on any atom is -0.497 e. The van der Waals surface area contributed by atoms with Crippen LogP contribution in [0.25, 0.3) is 0 Å². The molecule has 0 unspecified atom stereocenters. The van der Waals surface area contributed by atoms with Gasteiger partial charge >= 0.3 is 0 Å². The van der Waals surface area contributed by atoms with Crippen molar-refractivity contribution in [3.63, 3.8) is 0 Å². The van der Waals surface area contributed by atoms with Crippen molar-refractivity contribution in [3.8, 4) is 5.75 Å². The minimum atomic E-state index is -2.43. The van der Waals surface area contributed by atoms with Crippen molar-refractivity contribution in [1.29, 1.82) is 0 Å². The van der Waals surface area contributed by atoms with Crippen molar-refractivity contribution in [3.05, 3.63) is 52.5 Å². The normalized spacial score (nSPS) is 10.7. The lowest BCUT2D eigenvalue weighted by Gasteiger charge is -2.13. The van der Waals surface area contributed by atoms with Crippen LogP contribution >= 0.6 is 27.7 Å². The Balaban J connectivity index is 2.13. The molecule has 0 radical (unpaired) electrons. The van der Waals surface area contributed by atoms with Gasteiger partial charge in [0.25, 0.3) is 5.76 Å². The lowest BCUT2D eigenvalue weighted by atomic mass is 10.2. The number of ether oxygens (including phenoxy) is 1. The van der Waals surface area contributed by atoms with E-state index in [1.54, 1.807) is 25.3 Å². The van der Waals surface area contributed by atoms with Gasteiger partial charge in [-0.3, -0.25) is 0 Å². The van der Waals surface area contributed by atoms with Crippen LogP contribution in [-0.4, -0.2) is 12.9 Å². The van der Waals surface area contributed by atoms with Gasteiger partial charge in [-0.1, -0.05) is 39.8 Å². The number of anilines is 1. The van der Waals surface area contributed by atoms with E-state index in [0.29, 0.717) is 28.9 Å². The highest BCUT2D eigenvalue weighted by Gasteiger charge is 2.10. The number of halogens is 3. The van der Waals surface area contributed by atoms with E-state index >= 15 is 0 Å². The van der Waals surface area contributed by atoms with Gasteiger partial charge in [-0.2, -0.15) is 8.78 Å². The summed E-state index contributed by atoms with van der Waals surface area (Å²) >= 11 is 4.01. The molecule has 2 rings (SSSR count). The van der Waals surface area contributed by atoms with Crippen molar-refractivity contribution in [2.75, 3.05) is 12.4 Å². The van der Waals surface area contributed by atoms with Crippen LogP contribution in [0.4, 0.5) is 14.5 Å². The zero-order chi connectivity index (χ0) is 15.2. The summed E-state index contributed by atoms with van der Waals surface area (Å²) in [6, 6.07) is 12.7. The number of thioether (sulfide) groups is 1. The third-order valence-electron chi connectivity index (χ3n) is 2.83. The van der Waals surface area contributed by atoms with Gasteiger partial charge in [0.1, 0.15) is 5.75 Å². The van der Waals surface area contributed by atoms with E-state index in [1.165, 1.54) is 0 Å². The molecule has 0 fully saturated rings. The second kappa shape index (κ2) is 7.66. The fourth-order valence-corrected chi connectivity index (χ4v) is 2.82. The lowest BCUT2D eigenvalue weighted by Crippen LogP contribution is -2.02. The fourth-order valence-electron chi connectivity index (χ4n) is 1.82. The Morgan fingerprint density at radius 3 is 2.71 bits per heavy atom. The van der Waals surface area contributed by atoms with E-state index in [1.807, 2.05) is 24.3 Å². The second-order valence-corrected chi connectivity index (χ2v) is 6.07. The summed E-state index contributed by atoms with van der Waals surface area (Å²) in [6.07, 6.45) is 0. The van der Waals surface area contributed by atoms with Gasteiger partial charge < -0.3 is 10.1 Å².